The maximum atomic E-state index is 5.43. The van der Waals surface area contributed by atoms with Crippen molar-refractivity contribution in [3.05, 3.63) is 65.9 Å². The smallest absolute Gasteiger partial charge is 0.123 e. The molecule has 23 heavy (non-hydrogen) atoms. The van der Waals surface area contributed by atoms with Gasteiger partial charge in [0.1, 0.15) is 5.75 Å². The molecule has 120 valence electrons. The van der Waals surface area contributed by atoms with Crippen LogP contribution in [0, 0.1) is 0 Å². The van der Waals surface area contributed by atoms with E-state index in [1.807, 2.05) is 12.1 Å². The van der Waals surface area contributed by atoms with Crippen molar-refractivity contribution >= 4 is 10.9 Å². The molecule has 0 saturated carbocycles. The van der Waals surface area contributed by atoms with Gasteiger partial charge in [0.15, 0.2) is 0 Å². The zero-order chi connectivity index (χ0) is 16.1. The Labute approximate surface area is 137 Å². The van der Waals surface area contributed by atoms with Crippen LogP contribution >= 0.6 is 0 Å². The number of nitrogens with zero attached hydrogens (tertiary/aromatic N) is 1. The number of H-pyrrole nitrogens is 1. The van der Waals surface area contributed by atoms with Crippen molar-refractivity contribution in [3.63, 3.8) is 0 Å². The minimum Gasteiger partial charge on any atom is -0.496 e. The summed E-state index contributed by atoms with van der Waals surface area (Å²) in [6.45, 7) is 1.98. The van der Waals surface area contributed by atoms with E-state index in [2.05, 4.69) is 59.5 Å². The number of methoxy groups -OCH3 is 1. The Bertz CT molecular complexity index is 763. The fourth-order valence-corrected chi connectivity index (χ4v) is 3.08. The average Bonchev–Trinajstić information content (AvgIpc) is 2.99. The van der Waals surface area contributed by atoms with Crippen LogP contribution in [0.1, 0.15) is 17.5 Å². The Hall–Kier alpha value is -2.26. The molecule has 3 nitrogen and oxygen atoms in total. The molecule has 0 unspecified atom stereocenters. The second-order valence-electron chi connectivity index (χ2n) is 6.01. The Morgan fingerprint density at radius 3 is 2.65 bits per heavy atom. The van der Waals surface area contributed by atoms with Crippen LogP contribution in [-0.2, 0) is 13.0 Å². The molecule has 0 atom stereocenters. The van der Waals surface area contributed by atoms with Crippen LogP contribution in [0.25, 0.3) is 10.9 Å². The Balaban J connectivity index is 1.54. The molecule has 3 rings (SSSR count). The van der Waals surface area contributed by atoms with Crippen LogP contribution < -0.4 is 4.74 Å². The third-order valence-corrected chi connectivity index (χ3v) is 4.29. The van der Waals surface area contributed by atoms with Gasteiger partial charge < -0.3 is 14.6 Å². The predicted octanol–water partition coefficient (Wildman–Crippen LogP) is 4.24. The van der Waals surface area contributed by atoms with E-state index in [0.29, 0.717) is 0 Å². The molecule has 1 heterocycles. The van der Waals surface area contributed by atoms with E-state index >= 15 is 0 Å². The van der Waals surface area contributed by atoms with Crippen molar-refractivity contribution in [1.82, 2.24) is 9.88 Å². The third-order valence-electron chi connectivity index (χ3n) is 4.29. The fourth-order valence-electron chi connectivity index (χ4n) is 3.08. The molecule has 0 aliphatic rings. The summed E-state index contributed by atoms with van der Waals surface area (Å²) in [5.41, 5.74) is 3.88. The number of hydrogen-bond acceptors (Lipinski definition) is 2. The lowest BCUT2D eigenvalue weighted by Crippen LogP contribution is -2.20. The highest BCUT2D eigenvalue weighted by atomic mass is 16.5. The van der Waals surface area contributed by atoms with E-state index in [-0.39, 0.29) is 0 Å². The maximum Gasteiger partial charge on any atom is 0.123 e. The summed E-state index contributed by atoms with van der Waals surface area (Å²) in [6, 6.07) is 16.7. The minimum absolute atomic E-state index is 0.915. The van der Waals surface area contributed by atoms with Crippen molar-refractivity contribution < 1.29 is 4.74 Å². The van der Waals surface area contributed by atoms with Gasteiger partial charge in [-0.15, -0.1) is 0 Å². The number of ether oxygens (including phenoxy) is 1. The first-order valence-corrected chi connectivity index (χ1v) is 8.13. The number of fused-ring (bicyclic) bond motifs is 1. The van der Waals surface area contributed by atoms with Gasteiger partial charge in [0, 0.05) is 29.2 Å². The third kappa shape index (κ3) is 3.74. The molecule has 0 saturated heterocycles. The molecular formula is C20H24N2O. The first-order valence-electron chi connectivity index (χ1n) is 8.13. The molecule has 0 fully saturated rings. The molecule has 1 aromatic heterocycles. The van der Waals surface area contributed by atoms with E-state index in [1.165, 1.54) is 22.0 Å². The SMILES string of the molecule is COc1ccccc1CN(C)CCCc1c[nH]c2ccccc12. The van der Waals surface area contributed by atoms with E-state index in [1.54, 1.807) is 7.11 Å². The van der Waals surface area contributed by atoms with Gasteiger partial charge in [-0.25, -0.2) is 0 Å². The van der Waals surface area contributed by atoms with E-state index in [0.717, 1.165) is 31.7 Å². The molecule has 0 radical (unpaired) electrons. The highest BCUT2D eigenvalue weighted by Crippen LogP contribution is 2.20. The molecule has 3 heteroatoms. The first kappa shape index (κ1) is 15.6. The molecule has 0 spiro atoms. The molecule has 0 bridgehead atoms. The summed E-state index contributed by atoms with van der Waals surface area (Å²) in [5.74, 6) is 0.968. The van der Waals surface area contributed by atoms with Crippen LogP contribution in [0.3, 0.4) is 0 Å². The lowest BCUT2D eigenvalue weighted by atomic mass is 10.1. The maximum absolute atomic E-state index is 5.43. The largest absolute Gasteiger partial charge is 0.496 e. The van der Waals surface area contributed by atoms with Crippen molar-refractivity contribution in [2.24, 2.45) is 0 Å². The second kappa shape index (κ2) is 7.34. The van der Waals surface area contributed by atoms with Gasteiger partial charge in [-0.3, -0.25) is 0 Å². The number of aromatic amines is 1. The molecule has 1 N–H and O–H groups in total. The van der Waals surface area contributed by atoms with Gasteiger partial charge in [0.25, 0.3) is 0 Å². The topological polar surface area (TPSA) is 28.3 Å². The first-order chi connectivity index (χ1) is 11.3. The number of aryl methyl sites for hydroxylation is 1. The van der Waals surface area contributed by atoms with Crippen LogP contribution in [0.15, 0.2) is 54.7 Å². The summed E-state index contributed by atoms with van der Waals surface area (Å²) in [5, 5.41) is 1.35. The lowest BCUT2D eigenvalue weighted by molar-refractivity contribution is 0.313. The van der Waals surface area contributed by atoms with Gasteiger partial charge >= 0.3 is 0 Å². The number of nitrogens with one attached hydrogen (secondary N) is 1. The van der Waals surface area contributed by atoms with Crippen LogP contribution in [0.4, 0.5) is 0 Å². The summed E-state index contributed by atoms with van der Waals surface area (Å²) in [7, 11) is 3.90. The van der Waals surface area contributed by atoms with Crippen LogP contribution in [0.2, 0.25) is 0 Å². The standard InChI is InChI=1S/C20H24N2O/c1-22(15-17-8-3-6-12-20(17)23-2)13-7-9-16-14-21-19-11-5-4-10-18(16)19/h3-6,8,10-12,14,21H,7,9,13,15H2,1-2H3. The Morgan fingerprint density at radius 2 is 1.78 bits per heavy atom. The monoisotopic (exact) mass is 308 g/mol. The van der Waals surface area contributed by atoms with E-state index in [4.69, 9.17) is 4.74 Å². The van der Waals surface area contributed by atoms with Gasteiger partial charge in [-0.2, -0.15) is 0 Å². The van der Waals surface area contributed by atoms with Crippen LogP contribution in [-0.4, -0.2) is 30.6 Å². The average molecular weight is 308 g/mol. The van der Waals surface area contributed by atoms with Crippen molar-refractivity contribution in [3.8, 4) is 5.75 Å². The van der Waals surface area contributed by atoms with Crippen molar-refractivity contribution in [2.45, 2.75) is 19.4 Å². The van der Waals surface area contributed by atoms with Gasteiger partial charge in [-0.1, -0.05) is 36.4 Å². The van der Waals surface area contributed by atoms with Crippen molar-refractivity contribution in [1.29, 1.82) is 0 Å². The second-order valence-corrected chi connectivity index (χ2v) is 6.01. The van der Waals surface area contributed by atoms with Crippen molar-refractivity contribution in [2.75, 3.05) is 20.7 Å². The zero-order valence-corrected chi connectivity index (χ0v) is 13.9. The number of benzene rings is 2. The molecule has 0 aliphatic heterocycles. The van der Waals surface area contributed by atoms with E-state index in [9.17, 15) is 0 Å². The quantitative estimate of drug-likeness (QED) is 0.707. The molecular weight excluding hydrogens is 284 g/mol. The molecule has 0 amide bonds. The Kier molecular flexibility index (Phi) is 4.99. The predicted molar refractivity (Wildman–Crippen MR) is 95.9 cm³/mol. The Morgan fingerprint density at radius 1 is 1.00 bits per heavy atom. The fraction of sp³-hybridized carbons (Fsp3) is 0.300. The molecule has 3 aromatic rings. The van der Waals surface area contributed by atoms with E-state index < -0.39 is 0 Å². The zero-order valence-electron chi connectivity index (χ0n) is 13.9. The molecule has 2 aromatic carbocycles. The minimum atomic E-state index is 0.915. The summed E-state index contributed by atoms with van der Waals surface area (Å²) < 4.78 is 5.43. The van der Waals surface area contributed by atoms with Crippen LogP contribution in [0.5, 0.6) is 5.75 Å². The highest BCUT2D eigenvalue weighted by molar-refractivity contribution is 5.82. The molecule has 0 aliphatic carbocycles. The number of rotatable bonds is 7. The number of para-hydroxylation sites is 2. The van der Waals surface area contributed by atoms with Gasteiger partial charge in [-0.05, 0) is 44.1 Å². The summed E-state index contributed by atoms with van der Waals surface area (Å²) in [6.07, 6.45) is 4.39. The number of aromatic nitrogens is 1. The normalized spacial score (nSPS) is 11.3. The van der Waals surface area contributed by atoms with Gasteiger partial charge in [0.05, 0.1) is 7.11 Å². The number of hydrogen-bond donors (Lipinski definition) is 1. The summed E-state index contributed by atoms with van der Waals surface area (Å²) >= 11 is 0. The van der Waals surface area contributed by atoms with Gasteiger partial charge in [0.2, 0.25) is 0 Å². The lowest BCUT2D eigenvalue weighted by Gasteiger charge is -2.18. The highest BCUT2D eigenvalue weighted by Gasteiger charge is 2.07. The summed E-state index contributed by atoms with van der Waals surface area (Å²) in [4.78, 5) is 5.70.